The second kappa shape index (κ2) is 7.58. The molecule has 0 saturated heterocycles. The molecule has 1 atom stereocenters. The maximum Gasteiger partial charge on any atom is 0.416 e. The number of benzene rings is 2. The number of aliphatic hydroxyl groups excluding tert-OH is 1. The van der Waals surface area contributed by atoms with Crippen LogP contribution < -0.4 is 5.32 Å². The van der Waals surface area contributed by atoms with E-state index in [0.717, 1.165) is 24.1 Å². The first-order valence-corrected chi connectivity index (χ1v) is 8.23. The predicted octanol–water partition coefficient (Wildman–Crippen LogP) is 4.66. The van der Waals surface area contributed by atoms with E-state index in [9.17, 15) is 18.3 Å². The van der Waals surface area contributed by atoms with E-state index in [0.29, 0.717) is 0 Å². The van der Waals surface area contributed by atoms with Gasteiger partial charge < -0.3 is 10.4 Å². The van der Waals surface area contributed by atoms with E-state index in [1.54, 1.807) is 0 Å². The molecule has 0 aromatic heterocycles. The standard InChI is InChI=1S/C20H24F3NO/c1-14-7-9-15(10-8-14)12-19(2,3)24-13-18(25)16-5-4-6-17(11-16)20(21,22)23/h4-11,18,24-25H,12-13H2,1-3H3. The Labute approximate surface area is 146 Å². The van der Waals surface area contributed by atoms with Gasteiger partial charge in [0.1, 0.15) is 0 Å². The minimum atomic E-state index is -4.41. The molecule has 0 saturated carbocycles. The summed E-state index contributed by atoms with van der Waals surface area (Å²) in [7, 11) is 0. The summed E-state index contributed by atoms with van der Waals surface area (Å²) in [5.41, 5.74) is 1.57. The van der Waals surface area contributed by atoms with Gasteiger partial charge in [0.25, 0.3) is 0 Å². The number of hydrogen-bond donors (Lipinski definition) is 2. The zero-order valence-corrected chi connectivity index (χ0v) is 14.7. The van der Waals surface area contributed by atoms with Crippen LogP contribution in [0.4, 0.5) is 13.2 Å². The van der Waals surface area contributed by atoms with Crippen molar-refractivity contribution in [2.75, 3.05) is 6.54 Å². The summed E-state index contributed by atoms with van der Waals surface area (Å²) in [6, 6.07) is 13.0. The van der Waals surface area contributed by atoms with Gasteiger partial charge in [0, 0.05) is 12.1 Å². The van der Waals surface area contributed by atoms with Crippen molar-refractivity contribution in [1.82, 2.24) is 5.32 Å². The maximum atomic E-state index is 12.8. The first-order valence-electron chi connectivity index (χ1n) is 8.23. The Hall–Kier alpha value is -1.85. The molecule has 1 unspecified atom stereocenters. The molecule has 2 nitrogen and oxygen atoms in total. The average Bonchev–Trinajstić information content (AvgIpc) is 2.54. The number of hydrogen-bond acceptors (Lipinski definition) is 2. The molecule has 0 heterocycles. The number of β-amino-alcohol motifs (C(OH)–C–C–N with tert-alkyl or cyclic N) is 1. The molecule has 0 radical (unpaired) electrons. The van der Waals surface area contributed by atoms with E-state index in [4.69, 9.17) is 0 Å². The van der Waals surface area contributed by atoms with Crippen molar-refractivity contribution in [2.45, 2.75) is 45.0 Å². The van der Waals surface area contributed by atoms with Gasteiger partial charge in [-0.15, -0.1) is 0 Å². The van der Waals surface area contributed by atoms with E-state index in [-0.39, 0.29) is 17.6 Å². The van der Waals surface area contributed by atoms with E-state index in [2.05, 4.69) is 17.4 Å². The van der Waals surface area contributed by atoms with Gasteiger partial charge in [-0.25, -0.2) is 0 Å². The van der Waals surface area contributed by atoms with Crippen molar-refractivity contribution < 1.29 is 18.3 Å². The molecule has 136 valence electrons. The van der Waals surface area contributed by atoms with E-state index >= 15 is 0 Å². The topological polar surface area (TPSA) is 32.3 Å². The third-order valence-corrected chi connectivity index (χ3v) is 4.14. The molecule has 2 N–H and O–H groups in total. The van der Waals surface area contributed by atoms with E-state index < -0.39 is 17.8 Å². The van der Waals surface area contributed by atoms with E-state index in [1.807, 2.05) is 32.9 Å². The number of nitrogens with one attached hydrogen (secondary N) is 1. The Morgan fingerprint density at radius 3 is 2.28 bits per heavy atom. The number of halogens is 3. The summed E-state index contributed by atoms with van der Waals surface area (Å²) in [5.74, 6) is 0. The maximum absolute atomic E-state index is 12.8. The van der Waals surface area contributed by atoms with Crippen LogP contribution in [0.5, 0.6) is 0 Å². The van der Waals surface area contributed by atoms with Crippen molar-refractivity contribution in [3.05, 3.63) is 70.8 Å². The molecule has 0 aliphatic heterocycles. The fraction of sp³-hybridized carbons (Fsp3) is 0.400. The number of alkyl halides is 3. The SMILES string of the molecule is Cc1ccc(CC(C)(C)NCC(O)c2cccc(C(F)(F)F)c2)cc1. The first-order chi connectivity index (χ1) is 11.6. The lowest BCUT2D eigenvalue weighted by atomic mass is 9.94. The number of aryl methyl sites for hydroxylation is 1. The number of rotatable bonds is 6. The normalized spacial score (nSPS) is 13.7. The van der Waals surface area contributed by atoms with Crippen LogP contribution in [0.25, 0.3) is 0 Å². The fourth-order valence-electron chi connectivity index (χ4n) is 2.69. The van der Waals surface area contributed by atoms with Gasteiger partial charge in [-0.3, -0.25) is 0 Å². The molecule has 0 fully saturated rings. The Balaban J connectivity index is 1.98. The molecule has 5 heteroatoms. The minimum absolute atomic E-state index is 0.181. The van der Waals surface area contributed by atoms with Gasteiger partial charge in [-0.1, -0.05) is 42.0 Å². The summed E-state index contributed by atoms with van der Waals surface area (Å²) in [6.07, 6.45) is -4.66. The van der Waals surface area contributed by atoms with Crippen LogP contribution in [0.2, 0.25) is 0 Å². The lowest BCUT2D eigenvalue weighted by Crippen LogP contribution is -2.43. The minimum Gasteiger partial charge on any atom is -0.387 e. The lowest BCUT2D eigenvalue weighted by Gasteiger charge is -2.28. The highest BCUT2D eigenvalue weighted by Gasteiger charge is 2.31. The van der Waals surface area contributed by atoms with Crippen molar-refractivity contribution in [3.8, 4) is 0 Å². The molecule has 25 heavy (non-hydrogen) atoms. The lowest BCUT2D eigenvalue weighted by molar-refractivity contribution is -0.137. The molecule has 0 bridgehead atoms. The fourth-order valence-corrected chi connectivity index (χ4v) is 2.69. The van der Waals surface area contributed by atoms with Crippen LogP contribution in [0.15, 0.2) is 48.5 Å². The van der Waals surface area contributed by atoms with Crippen LogP contribution >= 0.6 is 0 Å². The first kappa shape index (κ1) is 19.5. The van der Waals surface area contributed by atoms with Crippen LogP contribution in [0.1, 0.15) is 42.2 Å². The zero-order chi connectivity index (χ0) is 18.7. The second-order valence-electron chi connectivity index (χ2n) is 7.07. The molecule has 0 amide bonds. The van der Waals surface area contributed by atoms with Crippen molar-refractivity contribution in [2.24, 2.45) is 0 Å². The summed E-state index contributed by atoms with van der Waals surface area (Å²) in [6.45, 7) is 6.22. The molecule has 2 aromatic carbocycles. The van der Waals surface area contributed by atoms with Crippen molar-refractivity contribution in [1.29, 1.82) is 0 Å². The van der Waals surface area contributed by atoms with Gasteiger partial charge >= 0.3 is 6.18 Å². The summed E-state index contributed by atoms with van der Waals surface area (Å²) >= 11 is 0. The Bertz CT molecular complexity index is 693. The van der Waals surface area contributed by atoms with Crippen molar-refractivity contribution >= 4 is 0 Å². The average molecular weight is 351 g/mol. The summed E-state index contributed by atoms with van der Waals surface area (Å²) in [5, 5.41) is 13.5. The molecular formula is C20H24F3NO. The van der Waals surface area contributed by atoms with Crippen LogP contribution in [0.3, 0.4) is 0 Å². The molecule has 0 aliphatic carbocycles. The monoisotopic (exact) mass is 351 g/mol. The highest BCUT2D eigenvalue weighted by molar-refractivity contribution is 5.27. The summed E-state index contributed by atoms with van der Waals surface area (Å²) in [4.78, 5) is 0. The Morgan fingerprint density at radius 2 is 1.68 bits per heavy atom. The largest absolute Gasteiger partial charge is 0.416 e. The third-order valence-electron chi connectivity index (χ3n) is 4.14. The van der Waals surface area contributed by atoms with Gasteiger partial charge in [0.05, 0.1) is 11.7 Å². The molecular weight excluding hydrogens is 327 g/mol. The van der Waals surface area contributed by atoms with Crippen LogP contribution in [0, 0.1) is 6.92 Å². The highest BCUT2D eigenvalue weighted by atomic mass is 19.4. The summed E-state index contributed by atoms with van der Waals surface area (Å²) < 4.78 is 38.3. The predicted molar refractivity (Wildman–Crippen MR) is 93.4 cm³/mol. The molecule has 0 aliphatic rings. The van der Waals surface area contributed by atoms with Gasteiger partial charge in [-0.05, 0) is 50.5 Å². The van der Waals surface area contributed by atoms with Gasteiger partial charge in [0.2, 0.25) is 0 Å². The number of aliphatic hydroxyl groups is 1. The second-order valence-corrected chi connectivity index (χ2v) is 7.07. The third kappa shape index (κ3) is 5.87. The quantitative estimate of drug-likeness (QED) is 0.793. The highest BCUT2D eigenvalue weighted by Crippen LogP contribution is 2.30. The van der Waals surface area contributed by atoms with Crippen molar-refractivity contribution in [3.63, 3.8) is 0 Å². The van der Waals surface area contributed by atoms with Crippen LogP contribution in [-0.4, -0.2) is 17.2 Å². The smallest absolute Gasteiger partial charge is 0.387 e. The Kier molecular flexibility index (Phi) is 5.91. The van der Waals surface area contributed by atoms with Gasteiger partial charge in [0.15, 0.2) is 0 Å². The Morgan fingerprint density at radius 1 is 1.04 bits per heavy atom. The molecule has 2 aromatic rings. The van der Waals surface area contributed by atoms with E-state index in [1.165, 1.54) is 17.7 Å². The van der Waals surface area contributed by atoms with Crippen LogP contribution in [-0.2, 0) is 12.6 Å². The molecule has 0 spiro atoms. The zero-order valence-electron chi connectivity index (χ0n) is 14.7. The van der Waals surface area contributed by atoms with Gasteiger partial charge in [-0.2, -0.15) is 13.2 Å². The molecule has 2 rings (SSSR count).